The van der Waals surface area contributed by atoms with E-state index >= 15 is 4.39 Å². The lowest BCUT2D eigenvalue weighted by molar-refractivity contribution is -0.377. The van der Waals surface area contributed by atoms with Gasteiger partial charge in [-0.05, 0) is 73.3 Å². The summed E-state index contributed by atoms with van der Waals surface area (Å²) in [5.41, 5.74) is 1.76. The van der Waals surface area contributed by atoms with Crippen LogP contribution in [0.2, 0.25) is 10.0 Å². The summed E-state index contributed by atoms with van der Waals surface area (Å²) >= 11 is 12.9. The standard InChI is InChI=1S/C37H36Cl2FN3O6/c1-46-31-11-8-24(16-33(31)47-2)32(18-27-28(38)19-41-20-29(27)39)48-36(44)26-10-9-25(17-30(26)40)42-35(23-6-4-3-5-7-23)37(45)49-34-21-43-14-12-22(34)13-15-43/h3-11,16-17,19-20,22,32,34-35,42H,12-15,18,21H2,1-2H3/p+1/t32-,34-,35?/m0/s1. The second-order valence-electron chi connectivity index (χ2n) is 12.1. The van der Waals surface area contributed by atoms with Crippen molar-refractivity contribution in [1.29, 1.82) is 0 Å². The molecule has 3 atom stereocenters. The number of fused-ring (bicyclic) bond motifs is 3. The van der Waals surface area contributed by atoms with E-state index in [4.69, 9.17) is 42.1 Å². The van der Waals surface area contributed by atoms with Crippen molar-refractivity contribution in [1.82, 2.24) is 4.90 Å². The van der Waals surface area contributed by atoms with Crippen LogP contribution in [-0.2, 0) is 20.7 Å². The molecule has 0 aliphatic carbocycles. The fraction of sp³-hybridized carbons (Fsp3) is 0.324. The van der Waals surface area contributed by atoms with Crippen molar-refractivity contribution in [2.75, 3.05) is 39.2 Å². The van der Waals surface area contributed by atoms with Crippen molar-refractivity contribution in [3.63, 3.8) is 0 Å². The number of hydrogen-bond donors (Lipinski definition) is 1. The molecule has 0 amide bonds. The van der Waals surface area contributed by atoms with E-state index in [2.05, 4.69) is 15.2 Å². The molecular weight excluding hydrogens is 672 g/mol. The van der Waals surface area contributed by atoms with E-state index in [-0.39, 0.29) is 18.1 Å². The number of nitrogens with zero attached hydrogens (tertiary/aromatic N) is 1. The first-order valence-corrected chi connectivity index (χ1v) is 16.8. The Labute approximate surface area is 294 Å². The summed E-state index contributed by atoms with van der Waals surface area (Å²) in [6.45, 7) is 2.76. The zero-order valence-electron chi connectivity index (χ0n) is 27.1. The largest absolute Gasteiger partial charge is 0.493 e. The van der Waals surface area contributed by atoms with Crippen LogP contribution in [0.4, 0.5) is 10.1 Å². The van der Waals surface area contributed by atoms with E-state index in [1.807, 2.05) is 30.3 Å². The van der Waals surface area contributed by atoms with Gasteiger partial charge in [0.15, 0.2) is 29.9 Å². The fourth-order valence-corrected chi connectivity index (χ4v) is 6.98. The average Bonchev–Trinajstić information content (AvgIpc) is 3.12. The van der Waals surface area contributed by atoms with E-state index in [1.165, 1.54) is 32.4 Å². The van der Waals surface area contributed by atoms with Gasteiger partial charge in [0.1, 0.15) is 28.1 Å². The summed E-state index contributed by atoms with van der Waals surface area (Å²) in [4.78, 5) is 32.3. The van der Waals surface area contributed by atoms with Gasteiger partial charge < -0.3 is 24.3 Å². The second-order valence-corrected chi connectivity index (χ2v) is 13.0. The zero-order valence-corrected chi connectivity index (χ0v) is 28.6. The number of aromatic amines is 1. The van der Waals surface area contributed by atoms with Crippen LogP contribution >= 0.6 is 23.2 Å². The van der Waals surface area contributed by atoms with Gasteiger partial charge in [0.05, 0.1) is 19.8 Å². The Morgan fingerprint density at radius 3 is 2.29 bits per heavy atom. The van der Waals surface area contributed by atoms with Crippen molar-refractivity contribution >= 4 is 40.8 Å². The van der Waals surface area contributed by atoms with Gasteiger partial charge in [0.2, 0.25) is 0 Å². The molecule has 4 aromatic rings. The first kappa shape index (κ1) is 34.5. The van der Waals surface area contributed by atoms with Crippen molar-refractivity contribution in [3.05, 3.63) is 117 Å². The molecule has 7 rings (SSSR count). The molecule has 3 saturated heterocycles. The van der Waals surface area contributed by atoms with Crippen LogP contribution in [0.15, 0.2) is 79.1 Å². The number of piperidine rings is 3. The van der Waals surface area contributed by atoms with E-state index < -0.39 is 29.9 Å². The van der Waals surface area contributed by atoms with Crippen molar-refractivity contribution in [2.24, 2.45) is 5.92 Å². The number of carbonyl (C=O) groups is 2. The lowest BCUT2D eigenvalue weighted by Crippen LogP contribution is -2.52. The Morgan fingerprint density at radius 1 is 0.939 bits per heavy atom. The number of carbonyl (C=O) groups excluding carboxylic acids is 2. The number of benzene rings is 3. The Hall–Kier alpha value is -4.38. The van der Waals surface area contributed by atoms with Crippen molar-refractivity contribution in [2.45, 2.75) is 37.5 Å². The minimum atomic E-state index is -0.925. The minimum absolute atomic E-state index is 0.0926. The van der Waals surface area contributed by atoms with Crippen LogP contribution in [0.5, 0.6) is 11.5 Å². The predicted octanol–water partition coefficient (Wildman–Crippen LogP) is 6.90. The number of ether oxygens (including phenoxy) is 4. The summed E-state index contributed by atoms with van der Waals surface area (Å²) in [6, 6.07) is 17.4. The Morgan fingerprint density at radius 2 is 1.65 bits per heavy atom. The number of halogens is 3. The van der Waals surface area contributed by atoms with Crippen LogP contribution in [-0.4, -0.2) is 56.8 Å². The molecule has 49 heavy (non-hydrogen) atoms. The van der Waals surface area contributed by atoms with Gasteiger partial charge in [-0.1, -0.05) is 59.6 Å². The monoisotopic (exact) mass is 708 g/mol. The summed E-state index contributed by atoms with van der Waals surface area (Å²) < 4.78 is 38.5. The highest BCUT2D eigenvalue weighted by molar-refractivity contribution is 6.35. The van der Waals surface area contributed by atoms with Gasteiger partial charge in [0, 0.05) is 24.2 Å². The number of pyridine rings is 1. The van der Waals surface area contributed by atoms with Gasteiger partial charge in [-0.25, -0.2) is 19.0 Å². The van der Waals surface area contributed by atoms with Crippen molar-refractivity contribution < 1.29 is 37.9 Å². The number of hydrogen-bond acceptors (Lipinski definition) is 8. The SMILES string of the molecule is COc1ccc([C@H](Cc2c(Cl)c[nH+]cc2Cl)OC(=O)c2ccc(NC(C(=O)O[C@H]3CN4CCC3CC4)c3ccccc3)cc2F)cc1OC. The Balaban J connectivity index is 1.23. The molecule has 3 fully saturated rings. The molecule has 256 valence electrons. The maximum absolute atomic E-state index is 15.7. The van der Waals surface area contributed by atoms with E-state index in [1.54, 1.807) is 30.6 Å². The smallest absolute Gasteiger partial charge is 0.341 e. The van der Waals surface area contributed by atoms with Gasteiger partial charge >= 0.3 is 11.9 Å². The molecule has 0 radical (unpaired) electrons. The molecule has 2 N–H and O–H groups in total. The summed E-state index contributed by atoms with van der Waals surface area (Å²) in [6.07, 6.45) is 4.12. The molecule has 9 nitrogen and oxygen atoms in total. The van der Waals surface area contributed by atoms with Gasteiger partial charge in [0.25, 0.3) is 0 Å². The average molecular weight is 710 g/mol. The zero-order chi connectivity index (χ0) is 34.5. The molecule has 3 aliphatic heterocycles. The maximum Gasteiger partial charge on any atom is 0.341 e. The normalized spacial score (nSPS) is 19.4. The molecule has 12 heteroatoms. The van der Waals surface area contributed by atoms with Crippen LogP contribution < -0.4 is 19.8 Å². The maximum atomic E-state index is 15.7. The highest BCUT2D eigenvalue weighted by Gasteiger charge is 2.38. The summed E-state index contributed by atoms with van der Waals surface area (Å²) in [7, 11) is 3.01. The molecule has 4 heterocycles. The molecule has 1 unspecified atom stereocenters. The van der Waals surface area contributed by atoms with Crippen LogP contribution in [0, 0.1) is 11.7 Å². The fourth-order valence-electron chi connectivity index (χ4n) is 6.45. The molecule has 2 bridgehead atoms. The van der Waals surface area contributed by atoms with Crippen molar-refractivity contribution in [3.8, 4) is 11.5 Å². The highest BCUT2D eigenvalue weighted by atomic mass is 35.5. The number of methoxy groups -OCH3 is 2. The summed E-state index contributed by atoms with van der Waals surface area (Å²) in [5.74, 6) is -0.937. The number of rotatable bonds is 12. The van der Waals surface area contributed by atoms with E-state index in [9.17, 15) is 9.59 Å². The lowest BCUT2D eigenvalue weighted by atomic mass is 9.86. The number of aromatic nitrogens is 1. The topological polar surface area (TPSA) is 100 Å². The highest BCUT2D eigenvalue weighted by Crippen LogP contribution is 2.36. The molecule has 3 aliphatic rings. The molecular formula is C37H37Cl2FN3O6+. The second kappa shape index (κ2) is 15.4. The molecule has 1 aromatic heterocycles. The molecule has 0 spiro atoms. The Kier molecular flexibility index (Phi) is 10.9. The molecule has 0 saturated carbocycles. The quantitative estimate of drug-likeness (QED) is 0.159. The number of esters is 2. The van der Waals surface area contributed by atoms with Gasteiger partial charge in [-0.15, -0.1) is 0 Å². The third-order valence-corrected chi connectivity index (χ3v) is 9.82. The van der Waals surface area contributed by atoms with Crippen LogP contribution in [0.25, 0.3) is 0 Å². The van der Waals surface area contributed by atoms with Gasteiger partial charge in [-0.2, -0.15) is 0 Å². The number of anilines is 1. The Bertz CT molecular complexity index is 1780. The molecule has 3 aromatic carbocycles. The van der Waals surface area contributed by atoms with E-state index in [0.717, 1.165) is 32.5 Å². The lowest BCUT2D eigenvalue weighted by Gasteiger charge is -2.44. The first-order chi connectivity index (χ1) is 23.7. The first-order valence-electron chi connectivity index (χ1n) is 16.0. The van der Waals surface area contributed by atoms with E-state index in [0.29, 0.717) is 49.8 Å². The number of nitrogens with one attached hydrogen (secondary N) is 2. The van der Waals surface area contributed by atoms with Crippen LogP contribution in [0.1, 0.15) is 52.0 Å². The third-order valence-electron chi connectivity index (χ3n) is 9.15. The van der Waals surface area contributed by atoms with Crippen LogP contribution in [0.3, 0.4) is 0 Å². The predicted molar refractivity (Wildman–Crippen MR) is 183 cm³/mol. The minimum Gasteiger partial charge on any atom is -0.493 e. The van der Waals surface area contributed by atoms with Gasteiger partial charge in [-0.3, -0.25) is 4.90 Å². The number of H-pyrrole nitrogens is 1. The third kappa shape index (κ3) is 7.93. The summed E-state index contributed by atoms with van der Waals surface area (Å²) in [5, 5.41) is 3.82.